The lowest BCUT2D eigenvalue weighted by atomic mass is 10.1. The van der Waals surface area contributed by atoms with Crippen molar-refractivity contribution in [2.45, 2.75) is 26.3 Å². The standard InChI is InChI=1S/C11H17FN2/c1-11(2,3)14(4)9-7-5-6-8(12)10(9)13/h5-7H,13H2,1-4H3. The first-order valence-electron chi connectivity index (χ1n) is 4.62. The van der Waals surface area contributed by atoms with Gasteiger partial charge in [0.1, 0.15) is 5.82 Å². The van der Waals surface area contributed by atoms with Gasteiger partial charge in [-0.05, 0) is 32.9 Å². The maximum absolute atomic E-state index is 13.2. The molecule has 0 saturated heterocycles. The van der Waals surface area contributed by atoms with Crippen LogP contribution in [0.3, 0.4) is 0 Å². The number of para-hydroxylation sites is 1. The first-order chi connectivity index (χ1) is 6.34. The van der Waals surface area contributed by atoms with Gasteiger partial charge in [-0.3, -0.25) is 0 Å². The molecule has 1 aromatic rings. The van der Waals surface area contributed by atoms with Crippen molar-refractivity contribution in [2.75, 3.05) is 17.7 Å². The highest BCUT2D eigenvalue weighted by atomic mass is 19.1. The average Bonchev–Trinajstić information content (AvgIpc) is 2.07. The number of nitrogen functional groups attached to an aromatic ring is 1. The van der Waals surface area contributed by atoms with Gasteiger partial charge < -0.3 is 10.6 Å². The van der Waals surface area contributed by atoms with E-state index in [4.69, 9.17) is 5.73 Å². The summed E-state index contributed by atoms with van der Waals surface area (Å²) >= 11 is 0. The van der Waals surface area contributed by atoms with Crippen LogP contribution in [0.15, 0.2) is 18.2 Å². The predicted octanol–water partition coefficient (Wildman–Crippen LogP) is 2.64. The Bertz CT molecular complexity index is 329. The third-order valence-electron chi connectivity index (χ3n) is 2.40. The van der Waals surface area contributed by atoms with Crippen LogP contribution in [0.5, 0.6) is 0 Å². The summed E-state index contributed by atoms with van der Waals surface area (Å²) in [6.07, 6.45) is 0. The third kappa shape index (κ3) is 1.97. The maximum Gasteiger partial charge on any atom is 0.148 e. The van der Waals surface area contributed by atoms with E-state index in [0.717, 1.165) is 5.69 Å². The highest BCUT2D eigenvalue weighted by Gasteiger charge is 2.20. The molecule has 0 amide bonds. The molecule has 0 atom stereocenters. The van der Waals surface area contributed by atoms with Crippen LogP contribution in [0.2, 0.25) is 0 Å². The fourth-order valence-electron chi connectivity index (χ4n) is 1.18. The van der Waals surface area contributed by atoms with Gasteiger partial charge in [-0.15, -0.1) is 0 Å². The molecule has 14 heavy (non-hydrogen) atoms. The number of anilines is 2. The van der Waals surface area contributed by atoms with Crippen LogP contribution in [0.4, 0.5) is 15.8 Å². The fourth-order valence-corrected chi connectivity index (χ4v) is 1.18. The molecule has 2 N–H and O–H groups in total. The molecule has 0 aliphatic heterocycles. The van der Waals surface area contributed by atoms with Gasteiger partial charge in [0.25, 0.3) is 0 Å². The second-order valence-electron chi connectivity index (χ2n) is 4.40. The van der Waals surface area contributed by atoms with Crippen molar-refractivity contribution in [2.24, 2.45) is 0 Å². The lowest BCUT2D eigenvalue weighted by molar-refractivity contribution is 0.537. The van der Waals surface area contributed by atoms with E-state index < -0.39 is 0 Å². The molecule has 0 aliphatic carbocycles. The molecular weight excluding hydrogens is 179 g/mol. The van der Waals surface area contributed by atoms with Crippen LogP contribution in [0.1, 0.15) is 20.8 Å². The molecule has 1 rings (SSSR count). The zero-order chi connectivity index (χ0) is 10.9. The lowest BCUT2D eigenvalue weighted by Crippen LogP contribution is -2.38. The van der Waals surface area contributed by atoms with Crippen molar-refractivity contribution in [3.8, 4) is 0 Å². The molecule has 0 aliphatic rings. The average molecular weight is 196 g/mol. The molecule has 0 unspecified atom stereocenters. The number of benzene rings is 1. The number of nitrogens with two attached hydrogens (primary N) is 1. The first kappa shape index (κ1) is 10.8. The van der Waals surface area contributed by atoms with Gasteiger partial charge in [-0.2, -0.15) is 0 Å². The first-order valence-corrected chi connectivity index (χ1v) is 4.62. The number of halogens is 1. The number of hydrogen-bond acceptors (Lipinski definition) is 2. The molecule has 0 radical (unpaired) electrons. The van der Waals surface area contributed by atoms with E-state index in [1.165, 1.54) is 6.07 Å². The molecule has 0 aromatic heterocycles. The zero-order valence-corrected chi connectivity index (χ0v) is 9.13. The van der Waals surface area contributed by atoms with Crippen LogP contribution in [-0.4, -0.2) is 12.6 Å². The Labute approximate surface area is 84.5 Å². The summed E-state index contributed by atoms with van der Waals surface area (Å²) in [4.78, 5) is 1.96. The Morgan fingerprint density at radius 3 is 2.36 bits per heavy atom. The van der Waals surface area contributed by atoms with E-state index in [1.807, 2.05) is 18.0 Å². The van der Waals surface area contributed by atoms with Gasteiger partial charge in [-0.1, -0.05) is 6.07 Å². The van der Waals surface area contributed by atoms with E-state index in [2.05, 4.69) is 20.8 Å². The van der Waals surface area contributed by atoms with Crippen LogP contribution in [-0.2, 0) is 0 Å². The van der Waals surface area contributed by atoms with E-state index in [9.17, 15) is 4.39 Å². The summed E-state index contributed by atoms with van der Waals surface area (Å²) in [5, 5.41) is 0. The SMILES string of the molecule is CN(c1cccc(F)c1N)C(C)(C)C. The van der Waals surface area contributed by atoms with Gasteiger partial charge in [0, 0.05) is 12.6 Å². The second-order valence-corrected chi connectivity index (χ2v) is 4.40. The molecule has 2 nitrogen and oxygen atoms in total. The summed E-state index contributed by atoms with van der Waals surface area (Å²) in [6.45, 7) is 6.16. The van der Waals surface area contributed by atoms with Gasteiger partial charge in [0.15, 0.2) is 0 Å². The quantitative estimate of drug-likeness (QED) is 0.700. The fraction of sp³-hybridized carbons (Fsp3) is 0.455. The van der Waals surface area contributed by atoms with Crippen LogP contribution < -0.4 is 10.6 Å². The minimum Gasteiger partial charge on any atom is -0.395 e. The molecule has 1 aromatic carbocycles. The lowest BCUT2D eigenvalue weighted by Gasteiger charge is -2.34. The third-order valence-corrected chi connectivity index (χ3v) is 2.40. The Hall–Kier alpha value is -1.25. The molecule has 0 bridgehead atoms. The number of rotatable bonds is 1. The van der Waals surface area contributed by atoms with Gasteiger partial charge in [0.2, 0.25) is 0 Å². The smallest absolute Gasteiger partial charge is 0.148 e. The van der Waals surface area contributed by atoms with Gasteiger partial charge >= 0.3 is 0 Å². The van der Waals surface area contributed by atoms with Crippen molar-refractivity contribution >= 4 is 11.4 Å². The molecule has 0 fully saturated rings. The van der Waals surface area contributed by atoms with E-state index in [1.54, 1.807) is 6.07 Å². The van der Waals surface area contributed by atoms with Crippen LogP contribution in [0, 0.1) is 5.82 Å². The predicted molar refractivity (Wildman–Crippen MR) is 59.0 cm³/mol. The minimum atomic E-state index is -0.362. The molecule has 3 heteroatoms. The second kappa shape index (κ2) is 3.48. The Morgan fingerprint density at radius 1 is 1.29 bits per heavy atom. The summed E-state index contributed by atoms with van der Waals surface area (Å²) < 4.78 is 13.2. The van der Waals surface area contributed by atoms with Crippen molar-refractivity contribution in [1.29, 1.82) is 0 Å². The molecule has 0 saturated carbocycles. The molecule has 0 heterocycles. The number of nitrogens with zero attached hydrogens (tertiary/aromatic N) is 1. The minimum absolute atomic E-state index is 0.0675. The van der Waals surface area contributed by atoms with Crippen molar-refractivity contribution < 1.29 is 4.39 Å². The van der Waals surface area contributed by atoms with Crippen molar-refractivity contribution in [3.63, 3.8) is 0 Å². The Morgan fingerprint density at radius 2 is 1.86 bits per heavy atom. The topological polar surface area (TPSA) is 29.3 Å². The maximum atomic E-state index is 13.2. The largest absolute Gasteiger partial charge is 0.395 e. The molecular formula is C11H17FN2. The summed E-state index contributed by atoms with van der Waals surface area (Å²) in [6, 6.07) is 4.86. The number of hydrogen-bond donors (Lipinski definition) is 1. The normalized spacial score (nSPS) is 11.5. The van der Waals surface area contributed by atoms with E-state index in [0.29, 0.717) is 0 Å². The monoisotopic (exact) mass is 196 g/mol. The molecule has 78 valence electrons. The Kier molecular flexibility index (Phi) is 2.69. The van der Waals surface area contributed by atoms with Crippen molar-refractivity contribution in [3.05, 3.63) is 24.0 Å². The Balaban J connectivity index is 3.14. The summed E-state index contributed by atoms with van der Waals surface area (Å²) in [5.74, 6) is -0.362. The van der Waals surface area contributed by atoms with Gasteiger partial charge in [0.05, 0.1) is 11.4 Å². The highest BCUT2D eigenvalue weighted by Crippen LogP contribution is 2.29. The van der Waals surface area contributed by atoms with E-state index in [-0.39, 0.29) is 17.0 Å². The summed E-state index contributed by atoms with van der Waals surface area (Å²) in [5.41, 5.74) is 6.54. The molecule has 0 spiro atoms. The zero-order valence-electron chi connectivity index (χ0n) is 9.13. The van der Waals surface area contributed by atoms with Crippen molar-refractivity contribution in [1.82, 2.24) is 0 Å². The highest BCUT2D eigenvalue weighted by molar-refractivity contribution is 5.68. The van der Waals surface area contributed by atoms with Crippen LogP contribution >= 0.6 is 0 Å². The summed E-state index contributed by atoms with van der Waals surface area (Å²) in [7, 11) is 1.91. The van der Waals surface area contributed by atoms with Crippen LogP contribution in [0.25, 0.3) is 0 Å². The van der Waals surface area contributed by atoms with Gasteiger partial charge in [-0.25, -0.2) is 4.39 Å². The van der Waals surface area contributed by atoms with E-state index >= 15 is 0 Å².